The van der Waals surface area contributed by atoms with Crippen LogP contribution in [0, 0.1) is 11.8 Å². The van der Waals surface area contributed by atoms with Crippen molar-refractivity contribution in [3.8, 4) is 0 Å². The van der Waals surface area contributed by atoms with Gasteiger partial charge in [0.25, 0.3) is 0 Å². The molecule has 1 rings (SSSR count). The second-order valence-electron chi connectivity index (χ2n) is 4.43. The highest BCUT2D eigenvalue weighted by Crippen LogP contribution is 2.32. The zero-order chi connectivity index (χ0) is 10.9. The predicted molar refractivity (Wildman–Crippen MR) is 65.9 cm³/mol. The second kappa shape index (κ2) is 7.70. The van der Waals surface area contributed by atoms with Gasteiger partial charge in [0.15, 0.2) is 0 Å². The van der Waals surface area contributed by atoms with E-state index < -0.39 is 0 Å². The third-order valence-corrected chi connectivity index (χ3v) is 3.11. The van der Waals surface area contributed by atoms with Gasteiger partial charge in [-0.1, -0.05) is 31.6 Å². The van der Waals surface area contributed by atoms with E-state index in [0.29, 0.717) is 0 Å². The molecule has 0 aromatic carbocycles. The van der Waals surface area contributed by atoms with E-state index in [1.807, 2.05) is 0 Å². The van der Waals surface area contributed by atoms with E-state index in [1.165, 1.54) is 32.1 Å². The fourth-order valence-corrected chi connectivity index (χ4v) is 2.09. The van der Waals surface area contributed by atoms with Crippen molar-refractivity contribution >= 4 is 0 Å². The summed E-state index contributed by atoms with van der Waals surface area (Å²) in [5.74, 6) is 1.52. The van der Waals surface area contributed by atoms with E-state index in [-0.39, 0.29) is 0 Å². The fraction of sp³-hybridized carbons (Fsp3) is 0.714. The summed E-state index contributed by atoms with van der Waals surface area (Å²) < 4.78 is 5.48. The first kappa shape index (κ1) is 12.5. The molecule has 1 fully saturated rings. The van der Waals surface area contributed by atoms with Gasteiger partial charge in [-0.25, -0.2) is 0 Å². The minimum Gasteiger partial charge on any atom is -0.377 e. The molecule has 0 radical (unpaired) electrons. The first-order valence-corrected chi connectivity index (χ1v) is 6.23. The minimum atomic E-state index is 0.751. The Balaban J connectivity index is 2.03. The summed E-state index contributed by atoms with van der Waals surface area (Å²) in [7, 11) is 0. The van der Waals surface area contributed by atoms with Crippen molar-refractivity contribution in [3.63, 3.8) is 0 Å². The number of hydrogen-bond acceptors (Lipinski definition) is 1. The van der Waals surface area contributed by atoms with Crippen LogP contribution in [0.1, 0.15) is 39.0 Å². The van der Waals surface area contributed by atoms with Crippen LogP contribution in [0.15, 0.2) is 24.8 Å². The monoisotopic (exact) mass is 208 g/mol. The zero-order valence-electron chi connectivity index (χ0n) is 9.95. The second-order valence-corrected chi connectivity index (χ2v) is 4.43. The van der Waals surface area contributed by atoms with Crippen LogP contribution in [-0.4, -0.2) is 13.2 Å². The summed E-state index contributed by atoms with van der Waals surface area (Å²) in [5.41, 5.74) is 0. The summed E-state index contributed by atoms with van der Waals surface area (Å²) in [4.78, 5) is 0. The van der Waals surface area contributed by atoms with Crippen LogP contribution in [0.25, 0.3) is 0 Å². The van der Waals surface area contributed by atoms with Crippen LogP contribution < -0.4 is 0 Å². The van der Waals surface area contributed by atoms with Gasteiger partial charge in [0, 0.05) is 6.61 Å². The molecule has 1 aliphatic rings. The van der Waals surface area contributed by atoms with E-state index in [0.717, 1.165) is 25.0 Å². The van der Waals surface area contributed by atoms with Gasteiger partial charge in [-0.15, -0.1) is 6.58 Å². The van der Waals surface area contributed by atoms with Crippen LogP contribution in [0.4, 0.5) is 0 Å². The summed E-state index contributed by atoms with van der Waals surface area (Å²) in [6, 6.07) is 0. The maximum absolute atomic E-state index is 5.48. The van der Waals surface area contributed by atoms with Gasteiger partial charge in [0.1, 0.15) is 0 Å². The number of hydrogen-bond donors (Lipinski definition) is 0. The molecule has 0 spiro atoms. The highest BCUT2D eigenvalue weighted by atomic mass is 16.5. The molecule has 0 aliphatic heterocycles. The van der Waals surface area contributed by atoms with Crippen LogP contribution in [0.3, 0.4) is 0 Å². The smallest absolute Gasteiger partial charge is 0.0647 e. The SMILES string of the molecule is C=C[C@H]1CC[C@@H](/C=C\COCCCC)C1. The Morgan fingerprint density at radius 1 is 1.33 bits per heavy atom. The standard InChI is InChI=1S/C14H24O/c1-3-5-10-15-11-6-7-14-9-8-13(4-2)12-14/h4,6-7,13-14H,2-3,5,8-12H2,1H3/b7-6-/t13-,14+/m0/s1. The molecule has 0 aromatic rings. The summed E-state index contributed by atoms with van der Waals surface area (Å²) in [6.07, 6.45) is 12.9. The van der Waals surface area contributed by atoms with Crippen molar-refractivity contribution in [2.24, 2.45) is 11.8 Å². The van der Waals surface area contributed by atoms with Crippen LogP contribution in [-0.2, 0) is 4.74 Å². The van der Waals surface area contributed by atoms with Gasteiger partial charge in [-0.3, -0.25) is 0 Å². The topological polar surface area (TPSA) is 9.23 Å². The Labute approximate surface area is 94.2 Å². The first-order chi connectivity index (χ1) is 7.36. The maximum atomic E-state index is 5.48. The van der Waals surface area contributed by atoms with Crippen molar-refractivity contribution in [2.45, 2.75) is 39.0 Å². The molecule has 86 valence electrons. The predicted octanol–water partition coefficient (Wildman–Crippen LogP) is 3.96. The van der Waals surface area contributed by atoms with Gasteiger partial charge < -0.3 is 4.74 Å². The van der Waals surface area contributed by atoms with Gasteiger partial charge in [0.2, 0.25) is 0 Å². The van der Waals surface area contributed by atoms with Crippen molar-refractivity contribution < 1.29 is 4.74 Å². The average Bonchev–Trinajstić information content (AvgIpc) is 2.71. The Morgan fingerprint density at radius 3 is 2.80 bits per heavy atom. The highest BCUT2D eigenvalue weighted by Gasteiger charge is 2.19. The Bertz CT molecular complexity index is 196. The summed E-state index contributed by atoms with van der Waals surface area (Å²) >= 11 is 0. The highest BCUT2D eigenvalue weighted by molar-refractivity contribution is 4.96. The number of ether oxygens (including phenoxy) is 1. The van der Waals surface area contributed by atoms with Crippen molar-refractivity contribution in [1.82, 2.24) is 0 Å². The van der Waals surface area contributed by atoms with E-state index in [1.54, 1.807) is 0 Å². The van der Waals surface area contributed by atoms with Gasteiger partial charge in [-0.05, 0) is 37.5 Å². The van der Waals surface area contributed by atoms with Gasteiger partial charge in [0.05, 0.1) is 6.61 Å². The normalized spacial score (nSPS) is 26.2. The van der Waals surface area contributed by atoms with Crippen molar-refractivity contribution in [2.75, 3.05) is 13.2 Å². The lowest BCUT2D eigenvalue weighted by atomic mass is 10.0. The maximum Gasteiger partial charge on any atom is 0.0647 e. The molecular weight excluding hydrogens is 184 g/mol. The van der Waals surface area contributed by atoms with E-state index >= 15 is 0 Å². The van der Waals surface area contributed by atoms with E-state index in [2.05, 4.69) is 31.7 Å². The van der Waals surface area contributed by atoms with Crippen LogP contribution in [0.5, 0.6) is 0 Å². The molecule has 0 saturated heterocycles. The molecule has 0 bridgehead atoms. The Morgan fingerprint density at radius 2 is 2.13 bits per heavy atom. The molecule has 0 heterocycles. The molecule has 1 nitrogen and oxygen atoms in total. The number of rotatable bonds is 7. The Hall–Kier alpha value is -0.560. The van der Waals surface area contributed by atoms with Gasteiger partial charge >= 0.3 is 0 Å². The summed E-state index contributed by atoms with van der Waals surface area (Å²) in [5, 5.41) is 0. The number of unbranched alkanes of at least 4 members (excludes halogenated alkanes) is 1. The molecule has 1 saturated carbocycles. The molecular formula is C14H24O. The fourth-order valence-electron chi connectivity index (χ4n) is 2.09. The molecule has 0 N–H and O–H groups in total. The largest absolute Gasteiger partial charge is 0.377 e. The lowest BCUT2D eigenvalue weighted by molar-refractivity contribution is 0.158. The van der Waals surface area contributed by atoms with Gasteiger partial charge in [-0.2, -0.15) is 0 Å². The van der Waals surface area contributed by atoms with Crippen LogP contribution in [0.2, 0.25) is 0 Å². The van der Waals surface area contributed by atoms with E-state index in [4.69, 9.17) is 4.74 Å². The first-order valence-electron chi connectivity index (χ1n) is 6.23. The van der Waals surface area contributed by atoms with Crippen molar-refractivity contribution in [1.29, 1.82) is 0 Å². The molecule has 0 unspecified atom stereocenters. The lowest BCUT2D eigenvalue weighted by Gasteiger charge is -2.03. The van der Waals surface area contributed by atoms with Crippen LogP contribution >= 0.6 is 0 Å². The molecule has 2 atom stereocenters. The molecule has 0 amide bonds. The third kappa shape index (κ3) is 5.17. The molecule has 1 heteroatoms. The van der Waals surface area contributed by atoms with E-state index in [9.17, 15) is 0 Å². The average molecular weight is 208 g/mol. The van der Waals surface area contributed by atoms with Crippen molar-refractivity contribution in [3.05, 3.63) is 24.8 Å². The lowest BCUT2D eigenvalue weighted by Crippen LogP contribution is -1.95. The third-order valence-electron chi connectivity index (χ3n) is 3.11. The quantitative estimate of drug-likeness (QED) is 0.454. The molecule has 1 aliphatic carbocycles. The minimum absolute atomic E-state index is 0.751. The molecule has 15 heavy (non-hydrogen) atoms. The molecule has 0 aromatic heterocycles. The summed E-state index contributed by atoms with van der Waals surface area (Å²) in [6.45, 7) is 7.74. The number of allylic oxidation sites excluding steroid dienone is 2. The zero-order valence-corrected chi connectivity index (χ0v) is 9.95. The Kier molecular flexibility index (Phi) is 6.42.